The normalized spacial score (nSPS) is 18.3. The van der Waals surface area contributed by atoms with Crippen molar-refractivity contribution >= 4 is 17.4 Å². The summed E-state index contributed by atoms with van der Waals surface area (Å²) in [6.07, 6.45) is 2.99. The second-order valence-corrected chi connectivity index (χ2v) is 7.19. The molecule has 7 nitrogen and oxygen atoms in total. The molecule has 2 aromatic rings. The first-order valence-corrected chi connectivity index (χ1v) is 10.2. The van der Waals surface area contributed by atoms with Crippen molar-refractivity contribution in [2.24, 2.45) is 0 Å². The number of ether oxygens (including phenoxy) is 1. The Hall–Kier alpha value is -3.19. The van der Waals surface area contributed by atoms with Crippen molar-refractivity contribution < 1.29 is 24.3 Å². The zero-order chi connectivity index (χ0) is 21.7. The van der Waals surface area contributed by atoms with Gasteiger partial charge >= 0.3 is 0 Å². The molecule has 1 aromatic heterocycles. The van der Waals surface area contributed by atoms with Gasteiger partial charge in [-0.3, -0.25) is 14.6 Å². The highest BCUT2D eigenvalue weighted by Crippen LogP contribution is 2.39. The van der Waals surface area contributed by atoms with E-state index < -0.39 is 23.5 Å². The molecule has 158 valence electrons. The van der Waals surface area contributed by atoms with Crippen molar-refractivity contribution in [3.8, 4) is 5.75 Å². The molecule has 0 spiro atoms. The summed E-state index contributed by atoms with van der Waals surface area (Å²) in [4.78, 5) is 32.6. The average molecular weight is 409 g/mol. The van der Waals surface area contributed by atoms with Crippen molar-refractivity contribution in [1.82, 2.24) is 9.88 Å². The average Bonchev–Trinajstić information content (AvgIpc) is 3.04. The lowest BCUT2D eigenvalue weighted by Crippen LogP contribution is -3.12. The van der Waals surface area contributed by atoms with E-state index in [1.165, 1.54) is 22.2 Å². The minimum absolute atomic E-state index is 0.0194. The Balaban J connectivity index is 2.10. The topological polar surface area (TPSA) is 87.0 Å². The zero-order valence-corrected chi connectivity index (χ0v) is 17.6. The minimum atomic E-state index is -0.740. The van der Waals surface area contributed by atoms with E-state index in [-0.39, 0.29) is 5.57 Å². The summed E-state index contributed by atoms with van der Waals surface area (Å²) in [5.41, 5.74) is 1.000. The first-order chi connectivity index (χ1) is 14.5. The van der Waals surface area contributed by atoms with Crippen molar-refractivity contribution in [2.45, 2.75) is 19.9 Å². The third-order valence-electron chi connectivity index (χ3n) is 5.59. The van der Waals surface area contributed by atoms with Crippen LogP contribution in [0.1, 0.15) is 31.0 Å². The first kappa shape index (κ1) is 21.5. The SMILES string of the molecule is CC[NH+](CC)CCN1C(=O)C(=O)C(=C([O-])c2ccncc2)C1c1cccc(OC)c1. The fraction of sp³-hybridized carbons (Fsp3) is 0.348. The van der Waals surface area contributed by atoms with Crippen LogP contribution >= 0.6 is 0 Å². The summed E-state index contributed by atoms with van der Waals surface area (Å²) in [5.74, 6) is -1.21. The molecule has 1 saturated heterocycles. The number of Topliss-reactive ketones (excluding diaryl/α,β-unsaturated/α-hetero) is 1. The Kier molecular flexibility index (Phi) is 6.84. The van der Waals surface area contributed by atoms with Crippen LogP contribution in [0.2, 0.25) is 0 Å². The van der Waals surface area contributed by atoms with Crippen molar-refractivity contribution in [2.75, 3.05) is 33.3 Å². The van der Waals surface area contributed by atoms with Crippen LogP contribution in [0.4, 0.5) is 0 Å². The number of likely N-dealkylation sites (N-methyl/N-ethyl adjacent to an activating group) is 1. The lowest BCUT2D eigenvalue weighted by atomic mass is 9.95. The predicted octanol–water partition coefficient (Wildman–Crippen LogP) is 0.239. The number of rotatable bonds is 8. The van der Waals surface area contributed by atoms with Gasteiger partial charge in [0.05, 0.1) is 39.3 Å². The Morgan fingerprint density at radius 3 is 2.50 bits per heavy atom. The van der Waals surface area contributed by atoms with Crippen LogP contribution in [-0.2, 0) is 9.59 Å². The summed E-state index contributed by atoms with van der Waals surface area (Å²) < 4.78 is 5.32. The maximum absolute atomic E-state index is 13.2. The lowest BCUT2D eigenvalue weighted by Gasteiger charge is -2.28. The molecule has 1 atom stereocenters. The monoisotopic (exact) mass is 409 g/mol. The molecular formula is C23H27N3O4. The summed E-state index contributed by atoms with van der Waals surface area (Å²) in [7, 11) is 1.55. The van der Waals surface area contributed by atoms with Crippen LogP contribution in [0.3, 0.4) is 0 Å². The number of likely N-dealkylation sites (tertiary alicyclic amines) is 1. The molecule has 1 aliphatic rings. The van der Waals surface area contributed by atoms with E-state index in [0.29, 0.717) is 30.0 Å². The van der Waals surface area contributed by atoms with Gasteiger partial charge in [-0.25, -0.2) is 0 Å². The quantitative estimate of drug-likeness (QED) is 0.383. The van der Waals surface area contributed by atoms with Gasteiger partial charge in [0.25, 0.3) is 5.91 Å². The van der Waals surface area contributed by atoms with E-state index in [0.717, 1.165) is 13.1 Å². The van der Waals surface area contributed by atoms with Gasteiger partial charge in [-0.15, -0.1) is 0 Å². The van der Waals surface area contributed by atoms with Crippen molar-refractivity contribution in [1.29, 1.82) is 0 Å². The summed E-state index contributed by atoms with van der Waals surface area (Å²) in [5, 5.41) is 13.2. The third-order valence-corrected chi connectivity index (χ3v) is 5.59. The third kappa shape index (κ3) is 4.21. The molecule has 0 bridgehead atoms. The largest absolute Gasteiger partial charge is 0.872 e. The fourth-order valence-corrected chi connectivity index (χ4v) is 3.80. The van der Waals surface area contributed by atoms with Crippen LogP contribution in [0.25, 0.3) is 5.76 Å². The number of methoxy groups -OCH3 is 1. The molecule has 30 heavy (non-hydrogen) atoms. The standard InChI is InChI=1S/C23H27N3O4/c1-4-25(5-2)13-14-26-20(17-7-6-8-18(15-17)30-3)19(22(28)23(26)29)21(27)16-9-11-24-12-10-16/h6-12,15,20,27H,4-5,13-14H2,1-3H3. The number of carbonyl (C=O) groups is 2. The van der Waals surface area contributed by atoms with E-state index >= 15 is 0 Å². The van der Waals surface area contributed by atoms with Crippen LogP contribution in [-0.4, -0.2) is 54.9 Å². The Bertz CT molecular complexity index is 938. The summed E-state index contributed by atoms with van der Waals surface area (Å²) in [6, 6.07) is 9.54. The molecule has 1 aliphatic heterocycles. The maximum Gasteiger partial charge on any atom is 0.295 e. The summed E-state index contributed by atoms with van der Waals surface area (Å²) >= 11 is 0. The second kappa shape index (κ2) is 9.54. The first-order valence-electron chi connectivity index (χ1n) is 10.2. The van der Waals surface area contributed by atoms with Gasteiger partial charge in [0.1, 0.15) is 5.75 Å². The van der Waals surface area contributed by atoms with Gasteiger partial charge < -0.3 is 19.6 Å². The molecule has 2 heterocycles. The van der Waals surface area contributed by atoms with Gasteiger partial charge in [-0.05, 0) is 49.2 Å². The number of ketones is 1. The van der Waals surface area contributed by atoms with Gasteiger partial charge in [0.2, 0.25) is 5.78 Å². The van der Waals surface area contributed by atoms with Gasteiger partial charge in [0, 0.05) is 18.0 Å². The number of benzene rings is 1. The molecule has 3 rings (SSSR count). The number of pyridine rings is 1. The van der Waals surface area contributed by atoms with Crippen molar-refractivity contribution in [3.63, 3.8) is 0 Å². The number of nitrogens with one attached hydrogen (secondary N) is 1. The molecule has 0 radical (unpaired) electrons. The summed E-state index contributed by atoms with van der Waals surface area (Å²) in [6.45, 7) is 7.09. The number of hydrogen-bond donors (Lipinski definition) is 1. The van der Waals surface area contributed by atoms with Gasteiger partial charge in [-0.1, -0.05) is 17.9 Å². The Morgan fingerprint density at radius 1 is 1.17 bits per heavy atom. The van der Waals surface area contributed by atoms with Gasteiger partial charge in [0.15, 0.2) is 0 Å². The smallest absolute Gasteiger partial charge is 0.295 e. The zero-order valence-electron chi connectivity index (χ0n) is 17.6. The molecule has 1 N–H and O–H groups in total. The number of hydrogen-bond acceptors (Lipinski definition) is 5. The molecule has 0 saturated carbocycles. The highest BCUT2D eigenvalue weighted by molar-refractivity contribution is 6.46. The molecule has 1 fully saturated rings. The van der Waals surface area contributed by atoms with Crippen LogP contribution in [0.5, 0.6) is 5.75 Å². The molecule has 7 heteroatoms. The molecule has 0 aliphatic carbocycles. The second-order valence-electron chi connectivity index (χ2n) is 7.19. The Morgan fingerprint density at radius 2 is 1.87 bits per heavy atom. The van der Waals surface area contributed by atoms with E-state index in [1.807, 2.05) is 6.07 Å². The fourth-order valence-electron chi connectivity index (χ4n) is 3.80. The molecular weight excluding hydrogens is 382 g/mol. The Labute approximate surface area is 176 Å². The van der Waals surface area contributed by atoms with E-state index in [1.54, 1.807) is 37.4 Å². The number of amides is 1. The molecule has 1 aromatic carbocycles. The van der Waals surface area contributed by atoms with E-state index in [2.05, 4.69) is 18.8 Å². The highest BCUT2D eigenvalue weighted by atomic mass is 16.5. The van der Waals surface area contributed by atoms with Crippen LogP contribution in [0, 0.1) is 0 Å². The van der Waals surface area contributed by atoms with Gasteiger partial charge in [-0.2, -0.15) is 0 Å². The van der Waals surface area contributed by atoms with E-state index in [9.17, 15) is 14.7 Å². The number of carbonyl (C=O) groups excluding carboxylic acids is 2. The van der Waals surface area contributed by atoms with Crippen LogP contribution < -0.4 is 14.7 Å². The molecule has 1 amide bonds. The molecule has 1 unspecified atom stereocenters. The minimum Gasteiger partial charge on any atom is -0.872 e. The van der Waals surface area contributed by atoms with Crippen molar-refractivity contribution in [3.05, 3.63) is 65.5 Å². The number of nitrogens with zero attached hydrogens (tertiary/aromatic N) is 2. The lowest BCUT2D eigenvalue weighted by molar-refractivity contribution is -0.895. The highest BCUT2D eigenvalue weighted by Gasteiger charge is 2.44. The number of quaternary nitrogens is 1. The predicted molar refractivity (Wildman–Crippen MR) is 111 cm³/mol. The number of aromatic nitrogens is 1. The van der Waals surface area contributed by atoms with E-state index in [4.69, 9.17) is 4.74 Å². The van der Waals surface area contributed by atoms with Crippen LogP contribution in [0.15, 0.2) is 54.4 Å². The maximum atomic E-state index is 13.2.